The van der Waals surface area contributed by atoms with Crippen molar-refractivity contribution in [2.75, 3.05) is 0 Å². The number of halogens is 2. The minimum atomic E-state index is 0.576. The van der Waals surface area contributed by atoms with Crippen LogP contribution in [0.2, 0.25) is 10.0 Å². The number of H-pyrrole nitrogens is 2. The molecule has 0 saturated heterocycles. The largest absolute Gasteiger partial charge is 0.346 e. The topological polar surface area (TPSA) is 96.8 Å². The second-order valence-corrected chi connectivity index (χ2v) is 8.54. The first-order chi connectivity index (χ1) is 15.9. The number of aryl methyl sites for hydroxylation is 1. The molecule has 0 aliphatic rings. The van der Waals surface area contributed by atoms with Crippen molar-refractivity contribution in [2.45, 2.75) is 20.0 Å². The molecule has 3 aromatic heterocycles. The van der Waals surface area contributed by atoms with Gasteiger partial charge in [-0.05, 0) is 55.0 Å². The molecule has 33 heavy (non-hydrogen) atoms. The molecule has 0 atom stereocenters. The van der Waals surface area contributed by atoms with E-state index >= 15 is 0 Å². The number of pyridine rings is 2. The molecule has 1 aromatic carbocycles. The lowest BCUT2D eigenvalue weighted by Crippen LogP contribution is -2.20. The summed E-state index contributed by atoms with van der Waals surface area (Å²) in [5.74, 6) is 0.803. The maximum Gasteiger partial charge on any atom is 0.186 e. The van der Waals surface area contributed by atoms with Crippen LogP contribution in [0.4, 0.5) is 0 Å². The fraction of sp³-hybridized carbons (Fsp3) is 0.130. The highest BCUT2D eigenvalue weighted by atomic mass is 35.5. The molecule has 0 fully saturated rings. The number of benzene rings is 1. The lowest BCUT2D eigenvalue weighted by atomic mass is 10.1. The molecule has 166 valence electrons. The summed E-state index contributed by atoms with van der Waals surface area (Å²) in [4.78, 5) is 22.2. The molecular formula is C23H22BCl2N7. The van der Waals surface area contributed by atoms with E-state index in [1.165, 1.54) is 0 Å². The molecule has 0 spiro atoms. The first kappa shape index (κ1) is 23.0. The Bertz CT molecular complexity index is 1340. The number of rotatable bonds is 7. The van der Waals surface area contributed by atoms with Gasteiger partial charge in [-0.15, -0.1) is 0 Å². The van der Waals surface area contributed by atoms with Crippen molar-refractivity contribution in [3.63, 3.8) is 0 Å². The molecular weight excluding hydrogens is 456 g/mol. The predicted molar refractivity (Wildman–Crippen MR) is 135 cm³/mol. The molecule has 0 radical (unpaired) electrons. The molecule has 0 aliphatic carbocycles. The lowest BCUT2D eigenvalue weighted by Gasteiger charge is -2.16. The van der Waals surface area contributed by atoms with E-state index in [0.717, 1.165) is 46.1 Å². The number of aromatic amines is 2. The van der Waals surface area contributed by atoms with Gasteiger partial charge in [0.2, 0.25) is 0 Å². The van der Waals surface area contributed by atoms with E-state index in [0.29, 0.717) is 28.6 Å². The number of hydrogen-bond acceptors (Lipinski definition) is 4. The standard InChI is InChI=1S/C23H22BCl2N7/c1-14-3-2-4-19(30-14)23-22(15-5-8-20(28-10-15)29-13-27)31-21(32-23)12-33(24)11-16-9-17(25)6-7-18(16)26/h2-10,13H,11-12,24H2,1H3,(H,31,32)(H2,27,28,29). The van der Waals surface area contributed by atoms with E-state index in [1.54, 1.807) is 6.07 Å². The molecule has 4 aromatic rings. The molecule has 7 nitrogen and oxygen atoms in total. The second-order valence-electron chi connectivity index (χ2n) is 7.70. The van der Waals surface area contributed by atoms with Gasteiger partial charge < -0.3 is 14.8 Å². The third-order valence-corrected chi connectivity index (χ3v) is 5.64. The molecule has 4 rings (SSSR count). The van der Waals surface area contributed by atoms with Crippen molar-refractivity contribution in [2.24, 2.45) is 4.99 Å². The van der Waals surface area contributed by atoms with Gasteiger partial charge in [0, 0.05) is 40.6 Å². The molecule has 3 heterocycles. The van der Waals surface area contributed by atoms with Crippen LogP contribution in [0.3, 0.4) is 0 Å². The lowest BCUT2D eigenvalue weighted by molar-refractivity contribution is 0.432. The molecule has 0 amide bonds. The normalized spacial score (nSPS) is 11.8. The van der Waals surface area contributed by atoms with Gasteiger partial charge in [0.1, 0.15) is 23.3 Å². The third kappa shape index (κ3) is 5.60. The Morgan fingerprint density at radius 2 is 1.97 bits per heavy atom. The summed E-state index contributed by atoms with van der Waals surface area (Å²) in [6, 6.07) is 15.1. The Labute approximate surface area is 202 Å². The van der Waals surface area contributed by atoms with Gasteiger partial charge in [-0.1, -0.05) is 29.3 Å². The Balaban J connectivity index is 1.67. The summed E-state index contributed by atoms with van der Waals surface area (Å²) >= 11 is 12.5. The van der Waals surface area contributed by atoms with Gasteiger partial charge in [0.25, 0.3) is 0 Å². The average Bonchev–Trinajstić information content (AvgIpc) is 3.20. The highest BCUT2D eigenvalue weighted by Crippen LogP contribution is 2.29. The minimum absolute atomic E-state index is 0.576. The van der Waals surface area contributed by atoms with Crippen LogP contribution in [0.5, 0.6) is 0 Å². The van der Waals surface area contributed by atoms with Crippen LogP contribution in [0.1, 0.15) is 17.1 Å². The summed E-state index contributed by atoms with van der Waals surface area (Å²) in [5.41, 5.74) is 5.81. The fourth-order valence-electron chi connectivity index (χ4n) is 3.56. The number of nitrogens with one attached hydrogen (secondary N) is 3. The fourth-order valence-corrected chi connectivity index (χ4v) is 3.93. The predicted octanol–water partition coefficient (Wildman–Crippen LogP) is 4.14. The van der Waals surface area contributed by atoms with E-state index in [9.17, 15) is 0 Å². The van der Waals surface area contributed by atoms with E-state index in [-0.39, 0.29) is 0 Å². The van der Waals surface area contributed by atoms with Crippen molar-refractivity contribution >= 4 is 37.5 Å². The maximum atomic E-state index is 7.14. The van der Waals surface area contributed by atoms with Crippen LogP contribution in [0.25, 0.3) is 22.6 Å². The first-order valence-corrected chi connectivity index (χ1v) is 11.1. The Morgan fingerprint density at radius 1 is 1.12 bits per heavy atom. The van der Waals surface area contributed by atoms with E-state index in [4.69, 9.17) is 33.6 Å². The van der Waals surface area contributed by atoms with Gasteiger partial charge in [-0.3, -0.25) is 10.4 Å². The van der Waals surface area contributed by atoms with Crippen LogP contribution in [-0.4, -0.2) is 39.1 Å². The van der Waals surface area contributed by atoms with Gasteiger partial charge in [-0.25, -0.2) is 9.98 Å². The van der Waals surface area contributed by atoms with Crippen molar-refractivity contribution in [1.82, 2.24) is 24.7 Å². The summed E-state index contributed by atoms with van der Waals surface area (Å²) in [6.07, 6.45) is 2.85. The van der Waals surface area contributed by atoms with Crippen LogP contribution in [0.15, 0.2) is 59.7 Å². The van der Waals surface area contributed by atoms with E-state index < -0.39 is 0 Å². The minimum Gasteiger partial charge on any atom is -0.346 e. The smallest absolute Gasteiger partial charge is 0.186 e. The van der Waals surface area contributed by atoms with Crippen molar-refractivity contribution in [1.29, 1.82) is 5.41 Å². The average molecular weight is 478 g/mol. The summed E-state index contributed by atoms with van der Waals surface area (Å²) < 4.78 is 0. The number of aromatic nitrogens is 4. The Morgan fingerprint density at radius 3 is 2.70 bits per heavy atom. The van der Waals surface area contributed by atoms with Gasteiger partial charge in [0.05, 0.1) is 11.4 Å². The summed E-state index contributed by atoms with van der Waals surface area (Å²) in [6.45, 7) is 3.16. The van der Waals surface area contributed by atoms with Gasteiger partial charge in [-0.2, -0.15) is 0 Å². The van der Waals surface area contributed by atoms with Crippen molar-refractivity contribution < 1.29 is 0 Å². The van der Waals surface area contributed by atoms with Gasteiger partial charge in [0.15, 0.2) is 7.98 Å². The quantitative estimate of drug-likeness (QED) is 0.212. The van der Waals surface area contributed by atoms with Crippen LogP contribution < -0.4 is 5.49 Å². The van der Waals surface area contributed by atoms with Crippen LogP contribution in [0, 0.1) is 12.3 Å². The highest BCUT2D eigenvalue weighted by Gasteiger charge is 2.17. The van der Waals surface area contributed by atoms with Crippen molar-refractivity contribution in [3.8, 4) is 22.6 Å². The Hall–Kier alpha value is -3.20. The highest BCUT2D eigenvalue weighted by molar-refractivity contribution is 6.33. The third-order valence-electron chi connectivity index (χ3n) is 5.04. The number of nitrogens with zero attached hydrogens (tertiary/aromatic N) is 4. The zero-order valence-electron chi connectivity index (χ0n) is 18.2. The van der Waals surface area contributed by atoms with E-state index in [2.05, 4.69) is 24.8 Å². The van der Waals surface area contributed by atoms with E-state index in [1.807, 2.05) is 63.6 Å². The molecule has 0 aliphatic heterocycles. The SMILES string of the molecule is BN(Cc1nc(-c2cccc(C)n2)c(-c2cc/c(=N/C=N)[nH]c2)[nH]1)Cc1cc(Cl)ccc1Cl. The molecule has 3 N–H and O–H groups in total. The Kier molecular flexibility index (Phi) is 7.08. The van der Waals surface area contributed by atoms with Crippen LogP contribution in [-0.2, 0) is 13.1 Å². The maximum absolute atomic E-state index is 7.14. The zero-order chi connectivity index (χ0) is 23.4. The molecule has 0 bridgehead atoms. The van der Waals surface area contributed by atoms with Gasteiger partial charge >= 0.3 is 0 Å². The second kappa shape index (κ2) is 10.2. The monoisotopic (exact) mass is 477 g/mol. The number of hydrogen-bond donors (Lipinski definition) is 3. The summed E-state index contributed by atoms with van der Waals surface area (Å²) in [5, 5.41) is 8.48. The summed E-state index contributed by atoms with van der Waals surface area (Å²) in [7, 11) is 2.01. The first-order valence-electron chi connectivity index (χ1n) is 10.3. The molecule has 0 saturated carbocycles. The number of imidazole rings is 1. The van der Waals surface area contributed by atoms with Crippen molar-refractivity contribution in [3.05, 3.63) is 87.3 Å². The molecule has 10 heteroatoms. The molecule has 0 unspecified atom stereocenters. The zero-order valence-corrected chi connectivity index (χ0v) is 19.7. The van der Waals surface area contributed by atoms with Crippen LogP contribution >= 0.6 is 23.2 Å².